The number of tetrazole rings is 1. The van der Waals surface area contributed by atoms with Crippen molar-refractivity contribution >= 4 is 39.7 Å². The number of hydrogen-bond donors (Lipinski definition) is 1. The molecule has 0 aliphatic carbocycles. The van der Waals surface area contributed by atoms with Gasteiger partial charge in [0.2, 0.25) is 5.82 Å². The summed E-state index contributed by atoms with van der Waals surface area (Å²) in [4.78, 5) is 21.1. The van der Waals surface area contributed by atoms with Crippen LogP contribution in [0.3, 0.4) is 0 Å². The number of alkyl halides is 3. The minimum atomic E-state index is -4.76. The topological polar surface area (TPSA) is 109 Å². The van der Waals surface area contributed by atoms with E-state index in [4.69, 9.17) is 16.7 Å². The molecule has 15 heteroatoms. The van der Waals surface area contributed by atoms with E-state index >= 15 is 0 Å². The number of carbonyl (C=O) groups is 1. The van der Waals surface area contributed by atoms with Crippen molar-refractivity contribution in [2.24, 2.45) is 11.8 Å². The van der Waals surface area contributed by atoms with E-state index in [1.807, 2.05) is 4.90 Å². The number of halogens is 4. The van der Waals surface area contributed by atoms with Gasteiger partial charge in [0.1, 0.15) is 5.75 Å². The van der Waals surface area contributed by atoms with E-state index in [1.165, 1.54) is 29.5 Å². The Labute approximate surface area is 199 Å². The molecule has 34 heavy (non-hydrogen) atoms. The summed E-state index contributed by atoms with van der Waals surface area (Å²) in [7, 11) is 0. The van der Waals surface area contributed by atoms with Crippen molar-refractivity contribution in [3.63, 3.8) is 0 Å². The van der Waals surface area contributed by atoms with Gasteiger partial charge in [-0.1, -0.05) is 22.9 Å². The molecule has 180 valence electrons. The molecule has 2 atom stereocenters. The Morgan fingerprint density at radius 3 is 2.59 bits per heavy atom. The number of anilines is 2. The lowest BCUT2D eigenvalue weighted by atomic mass is 10.0. The van der Waals surface area contributed by atoms with Gasteiger partial charge in [-0.3, -0.25) is 4.79 Å². The number of rotatable bonds is 6. The Balaban J connectivity index is 1.24. The van der Waals surface area contributed by atoms with Gasteiger partial charge in [0, 0.05) is 44.1 Å². The average molecular weight is 516 g/mol. The van der Waals surface area contributed by atoms with Crippen LogP contribution in [0.25, 0.3) is 10.7 Å². The molecule has 10 nitrogen and oxygen atoms in total. The van der Waals surface area contributed by atoms with Crippen molar-refractivity contribution in [1.82, 2.24) is 25.2 Å². The fourth-order valence-corrected chi connectivity index (χ4v) is 5.42. The normalized spacial score (nSPS) is 20.1. The SMILES string of the molecule is O=C(O)Cn1nnc(-c2cnc(N3CC4CN(c5cc(OC(F)(F)F)ccc5Cl)CC4C3)s2)n1. The van der Waals surface area contributed by atoms with Crippen LogP contribution in [-0.4, -0.2) is 68.8 Å². The molecular formula is C19H17ClF3N7O3S. The number of nitrogens with zero attached hydrogens (tertiary/aromatic N) is 7. The highest BCUT2D eigenvalue weighted by atomic mass is 35.5. The van der Waals surface area contributed by atoms with Gasteiger partial charge in [0.15, 0.2) is 11.7 Å². The van der Waals surface area contributed by atoms with Gasteiger partial charge in [-0.05, 0) is 17.3 Å². The summed E-state index contributed by atoms with van der Waals surface area (Å²) in [6, 6.07) is 3.94. The maximum Gasteiger partial charge on any atom is 0.573 e. The third kappa shape index (κ3) is 4.73. The number of ether oxygens (including phenoxy) is 1. The summed E-state index contributed by atoms with van der Waals surface area (Å²) in [6.45, 7) is 2.41. The first kappa shape index (κ1) is 22.7. The smallest absolute Gasteiger partial charge is 0.480 e. The monoisotopic (exact) mass is 515 g/mol. The van der Waals surface area contributed by atoms with Crippen LogP contribution in [0.5, 0.6) is 5.75 Å². The summed E-state index contributed by atoms with van der Waals surface area (Å²) < 4.78 is 41.8. The zero-order chi connectivity index (χ0) is 24.0. The Bertz CT molecular complexity index is 1210. The van der Waals surface area contributed by atoms with E-state index in [9.17, 15) is 18.0 Å². The van der Waals surface area contributed by atoms with E-state index < -0.39 is 12.3 Å². The predicted molar refractivity (Wildman–Crippen MR) is 116 cm³/mol. The first-order valence-electron chi connectivity index (χ1n) is 10.2. The van der Waals surface area contributed by atoms with Gasteiger partial charge in [-0.2, -0.15) is 4.80 Å². The molecule has 1 N–H and O–H groups in total. The van der Waals surface area contributed by atoms with E-state index in [2.05, 4.69) is 30.0 Å². The van der Waals surface area contributed by atoms with Gasteiger partial charge in [-0.15, -0.1) is 23.4 Å². The quantitative estimate of drug-likeness (QED) is 0.529. The molecule has 5 rings (SSSR count). The van der Waals surface area contributed by atoms with Crippen LogP contribution in [0.1, 0.15) is 0 Å². The Morgan fingerprint density at radius 2 is 1.91 bits per heavy atom. The van der Waals surface area contributed by atoms with Crippen molar-refractivity contribution in [3.8, 4) is 16.5 Å². The maximum absolute atomic E-state index is 12.6. The van der Waals surface area contributed by atoms with Crippen molar-refractivity contribution in [1.29, 1.82) is 0 Å². The predicted octanol–water partition coefficient (Wildman–Crippen LogP) is 3.01. The minimum Gasteiger partial charge on any atom is -0.480 e. The van der Waals surface area contributed by atoms with Crippen LogP contribution in [0.15, 0.2) is 24.4 Å². The molecule has 3 aromatic rings. The number of hydrogen-bond acceptors (Lipinski definition) is 9. The van der Waals surface area contributed by atoms with Gasteiger partial charge in [-0.25, -0.2) is 4.98 Å². The lowest BCUT2D eigenvalue weighted by molar-refractivity contribution is -0.274. The second-order valence-electron chi connectivity index (χ2n) is 8.04. The molecular weight excluding hydrogens is 499 g/mol. The molecule has 4 heterocycles. The zero-order valence-corrected chi connectivity index (χ0v) is 18.9. The third-order valence-electron chi connectivity index (χ3n) is 5.69. The van der Waals surface area contributed by atoms with Crippen molar-refractivity contribution < 1.29 is 27.8 Å². The number of aliphatic carboxylic acids is 1. The van der Waals surface area contributed by atoms with Crippen LogP contribution in [-0.2, 0) is 11.3 Å². The number of thiazole rings is 1. The molecule has 0 bridgehead atoms. The molecule has 1 aromatic carbocycles. The maximum atomic E-state index is 12.6. The highest BCUT2D eigenvalue weighted by Gasteiger charge is 2.41. The summed E-state index contributed by atoms with van der Waals surface area (Å²) in [5.74, 6) is -0.455. The van der Waals surface area contributed by atoms with Crippen molar-refractivity contribution in [2.45, 2.75) is 12.9 Å². The second kappa shape index (κ2) is 8.58. The van der Waals surface area contributed by atoms with Gasteiger partial charge >= 0.3 is 12.3 Å². The van der Waals surface area contributed by atoms with E-state index in [0.29, 0.717) is 46.3 Å². The fraction of sp³-hybridized carbons (Fsp3) is 0.421. The molecule has 2 fully saturated rings. The van der Waals surface area contributed by atoms with Crippen LogP contribution in [0.2, 0.25) is 5.02 Å². The Hall–Kier alpha value is -3.13. The number of carboxylic acid groups (broad SMARTS) is 1. The van der Waals surface area contributed by atoms with E-state index in [0.717, 1.165) is 23.0 Å². The fourth-order valence-electron chi connectivity index (χ4n) is 4.32. The van der Waals surface area contributed by atoms with Crippen molar-refractivity contribution in [2.75, 3.05) is 36.0 Å². The molecule has 0 amide bonds. The number of carboxylic acids is 1. The van der Waals surface area contributed by atoms with Crippen LogP contribution >= 0.6 is 22.9 Å². The highest BCUT2D eigenvalue weighted by Crippen LogP contribution is 2.41. The molecule has 0 radical (unpaired) electrons. The minimum absolute atomic E-state index is 0.296. The second-order valence-corrected chi connectivity index (χ2v) is 9.45. The average Bonchev–Trinajstić information content (AvgIpc) is 3.50. The van der Waals surface area contributed by atoms with Crippen LogP contribution < -0.4 is 14.5 Å². The van der Waals surface area contributed by atoms with Gasteiger partial charge in [0.25, 0.3) is 0 Å². The lowest BCUT2D eigenvalue weighted by Gasteiger charge is -2.24. The van der Waals surface area contributed by atoms with E-state index in [1.54, 1.807) is 6.20 Å². The summed E-state index contributed by atoms with van der Waals surface area (Å²) in [5.41, 5.74) is 0.524. The molecule has 2 aliphatic heterocycles. The molecule has 2 aromatic heterocycles. The molecule has 0 spiro atoms. The number of benzene rings is 1. The first-order chi connectivity index (χ1) is 16.1. The van der Waals surface area contributed by atoms with E-state index in [-0.39, 0.29) is 12.3 Å². The molecule has 2 aliphatic rings. The molecule has 2 unspecified atom stereocenters. The first-order valence-corrected chi connectivity index (χ1v) is 11.3. The lowest BCUT2D eigenvalue weighted by Crippen LogP contribution is -2.28. The Kier molecular flexibility index (Phi) is 5.72. The Morgan fingerprint density at radius 1 is 1.21 bits per heavy atom. The number of aromatic nitrogens is 5. The van der Waals surface area contributed by atoms with Gasteiger partial charge < -0.3 is 19.6 Å². The van der Waals surface area contributed by atoms with Crippen LogP contribution in [0.4, 0.5) is 24.0 Å². The third-order valence-corrected chi connectivity index (χ3v) is 7.07. The highest BCUT2D eigenvalue weighted by molar-refractivity contribution is 7.18. The summed E-state index contributed by atoms with van der Waals surface area (Å²) in [6.07, 6.45) is -3.13. The van der Waals surface area contributed by atoms with Crippen LogP contribution in [0, 0.1) is 11.8 Å². The largest absolute Gasteiger partial charge is 0.573 e. The zero-order valence-electron chi connectivity index (χ0n) is 17.3. The molecule has 2 saturated heterocycles. The molecule has 0 saturated carbocycles. The standard InChI is InChI=1S/C19H17ClF3N7O3S/c20-13-2-1-12(33-19(21,22)23)3-14(13)28-5-10-7-29(8-11(10)6-28)18-24-4-15(34-18)17-25-27-30(26-17)9-16(31)32/h1-4,10-11H,5-9H2,(H,31,32). The number of fused-ring (bicyclic) bond motifs is 1. The van der Waals surface area contributed by atoms with Crippen molar-refractivity contribution in [3.05, 3.63) is 29.4 Å². The summed E-state index contributed by atoms with van der Waals surface area (Å²) >= 11 is 7.66. The van der Waals surface area contributed by atoms with Gasteiger partial charge in [0.05, 0.1) is 21.8 Å². The summed E-state index contributed by atoms with van der Waals surface area (Å²) in [5, 5.41) is 21.7.